The average molecular weight is 453 g/mol. The first kappa shape index (κ1) is 26.2. The highest BCUT2D eigenvalue weighted by Gasteiger charge is 2.34. The summed E-state index contributed by atoms with van der Waals surface area (Å²) in [5.41, 5.74) is 2.26. The molecule has 0 aromatic carbocycles. The van der Waals surface area contributed by atoms with Crippen LogP contribution in [0.15, 0.2) is 0 Å². The van der Waals surface area contributed by atoms with E-state index in [1.807, 2.05) is 0 Å². The van der Waals surface area contributed by atoms with E-state index in [0.717, 1.165) is 57.0 Å². The lowest BCUT2D eigenvalue weighted by Gasteiger charge is -2.32. The van der Waals surface area contributed by atoms with Crippen molar-refractivity contribution in [1.82, 2.24) is 19.8 Å². The van der Waals surface area contributed by atoms with Gasteiger partial charge in [-0.15, -0.1) is 0 Å². The zero-order valence-electron chi connectivity index (χ0n) is 20.0. The molecule has 0 amide bonds. The maximum Gasteiger partial charge on any atom is 0.318 e. The topological polar surface area (TPSA) is 68.5 Å². The maximum atomic E-state index is 13.6. The SMILES string of the molecule is CC#N.CCCN(CCC)c1nc(OCCN2CCCC(F)(F)C2)nc2c1CCN(C)C2. The molecule has 9 heteroatoms. The Bertz CT molecular complexity index is 749. The molecular formula is C23H38F2N6O. The summed E-state index contributed by atoms with van der Waals surface area (Å²) in [5, 5.41) is 7.32. The Balaban J connectivity index is 0.00000114. The molecule has 3 rings (SSSR count). The minimum absolute atomic E-state index is 0.0140. The quantitative estimate of drug-likeness (QED) is 0.565. The summed E-state index contributed by atoms with van der Waals surface area (Å²) >= 11 is 0. The molecule has 1 saturated heterocycles. The highest BCUT2D eigenvalue weighted by Crippen LogP contribution is 2.29. The van der Waals surface area contributed by atoms with E-state index in [0.29, 0.717) is 32.1 Å². The number of hydrogen-bond acceptors (Lipinski definition) is 7. The lowest BCUT2D eigenvalue weighted by atomic mass is 10.1. The van der Waals surface area contributed by atoms with Crippen molar-refractivity contribution in [1.29, 1.82) is 5.26 Å². The predicted octanol–water partition coefficient (Wildman–Crippen LogP) is 3.73. The molecular weight excluding hydrogens is 414 g/mol. The van der Waals surface area contributed by atoms with E-state index in [-0.39, 0.29) is 13.0 Å². The Morgan fingerprint density at radius 3 is 2.50 bits per heavy atom. The van der Waals surface area contributed by atoms with E-state index in [9.17, 15) is 8.78 Å². The third-order valence-corrected chi connectivity index (χ3v) is 5.61. The number of ether oxygens (including phenoxy) is 1. The van der Waals surface area contributed by atoms with Crippen molar-refractivity contribution < 1.29 is 13.5 Å². The molecule has 180 valence electrons. The van der Waals surface area contributed by atoms with Crippen LogP contribution in [-0.4, -0.2) is 78.6 Å². The summed E-state index contributed by atoms with van der Waals surface area (Å²) < 4.78 is 33.1. The standard InChI is InChI=1S/C21H35F2N5O.C2H3N/c1-4-9-28(10-5-2)19-17-7-12-26(3)15-18(17)24-20(25-19)29-14-13-27-11-6-8-21(22,23)16-27;1-2-3/h4-16H2,1-3H3;1H3. The molecule has 0 radical (unpaired) electrons. The van der Waals surface area contributed by atoms with E-state index in [2.05, 4.69) is 35.7 Å². The first-order chi connectivity index (χ1) is 15.3. The largest absolute Gasteiger partial charge is 0.462 e. The number of alkyl halides is 2. The van der Waals surface area contributed by atoms with E-state index in [1.165, 1.54) is 12.5 Å². The lowest BCUT2D eigenvalue weighted by molar-refractivity contribution is -0.0658. The van der Waals surface area contributed by atoms with Gasteiger partial charge in [-0.2, -0.15) is 15.2 Å². The number of nitrogens with zero attached hydrogens (tertiary/aromatic N) is 6. The van der Waals surface area contributed by atoms with Gasteiger partial charge in [0.1, 0.15) is 12.4 Å². The summed E-state index contributed by atoms with van der Waals surface area (Å²) in [7, 11) is 2.09. The van der Waals surface area contributed by atoms with Crippen molar-refractivity contribution in [2.45, 2.75) is 65.3 Å². The molecule has 7 nitrogen and oxygen atoms in total. The second-order valence-corrected chi connectivity index (χ2v) is 8.54. The molecule has 0 bridgehead atoms. The Labute approximate surface area is 191 Å². The van der Waals surface area contributed by atoms with Crippen LogP contribution in [0.3, 0.4) is 0 Å². The minimum atomic E-state index is -2.58. The average Bonchev–Trinajstić information content (AvgIpc) is 2.73. The number of hydrogen-bond donors (Lipinski definition) is 0. The van der Waals surface area contributed by atoms with E-state index >= 15 is 0 Å². The third-order valence-electron chi connectivity index (χ3n) is 5.61. The van der Waals surface area contributed by atoms with Gasteiger partial charge in [-0.1, -0.05) is 13.8 Å². The van der Waals surface area contributed by atoms with Gasteiger partial charge in [0.05, 0.1) is 18.3 Å². The summed E-state index contributed by atoms with van der Waals surface area (Å²) in [6, 6.07) is 2.12. The molecule has 0 spiro atoms. The monoisotopic (exact) mass is 452 g/mol. The Kier molecular flexibility index (Phi) is 10.5. The molecule has 32 heavy (non-hydrogen) atoms. The second-order valence-electron chi connectivity index (χ2n) is 8.54. The van der Waals surface area contributed by atoms with Crippen molar-refractivity contribution >= 4 is 5.82 Å². The fraction of sp³-hybridized carbons (Fsp3) is 0.783. The Morgan fingerprint density at radius 1 is 1.19 bits per heavy atom. The molecule has 1 aromatic heterocycles. The highest BCUT2D eigenvalue weighted by molar-refractivity contribution is 5.51. The molecule has 2 aliphatic rings. The zero-order chi connectivity index (χ0) is 23.6. The molecule has 0 unspecified atom stereocenters. The zero-order valence-corrected chi connectivity index (χ0v) is 20.0. The van der Waals surface area contributed by atoms with E-state index < -0.39 is 5.92 Å². The molecule has 3 heterocycles. The van der Waals surface area contributed by atoms with Crippen LogP contribution in [-0.2, 0) is 13.0 Å². The van der Waals surface area contributed by atoms with Gasteiger partial charge in [-0.05, 0) is 39.3 Å². The fourth-order valence-corrected chi connectivity index (χ4v) is 4.21. The van der Waals surface area contributed by atoms with Gasteiger partial charge >= 0.3 is 6.01 Å². The second kappa shape index (κ2) is 12.9. The van der Waals surface area contributed by atoms with Gasteiger partial charge in [-0.3, -0.25) is 4.90 Å². The van der Waals surface area contributed by atoms with Crippen molar-refractivity contribution in [2.24, 2.45) is 0 Å². The molecule has 2 aliphatic heterocycles. The van der Waals surface area contributed by atoms with Crippen LogP contribution in [0.2, 0.25) is 0 Å². The third kappa shape index (κ3) is 7.82. The number of fused-ring (bicyclic) bond motifs is 1. The molecule has 1 fully saturated rings. The van der Waals surface area contributed by atoms with Gasteiger partial charge in [0.25, 0.3) is 5.92 Å². The smallest absolute Gasteiger partial charge is 0.318 e. The van der Waals surface area contributed by atoms with Gasteiger partial charge < -0.3 is 14.5 Å². The van der Waals surface area contributed by atoms with Crippen LogP contribution in [0.4, 0.5) is 14.6 Å². The molecule has 0 N–H and O–H groups in total. The number of piperidine rings is 1. The highest BCUT2D eigenvalue weighted by atomic mass is 19.3. The number of rotatable bonds is 9. The van der Waals surface area contributed by atoms with Crippen LogP contribution in [0, 0.1) is 11.3 Å². The number of nitriles is 1. The molecule has 1 aromatic rings. The van der Waals surface area contributed by atoms with Gasteiger partial charge in [0, 0.05) is 51.6 Å². The van der Waals surface area contributed by atoms with E-state index in [4.69, 9.17) is 15.0 Å². The van der Waals surface area contributed by atoms with Crippen LogP contribution in [0.5, 0.6) is 6.01 Å². The first-order valence-corrected chi connectivity index (χ1v) is 11.7. The normalized spacial score (nSPS) is 18.2. The van der Waals surface area contributed by atoms with Crippen molar-refractivity contribution in [3.8, 4) is 12.1 Å². The minimum Gasteiger partial charge on any atom is -0.462 e. The van der Waals surface area contributed by atoms with Crippen LogP contribution >= 0.6 is 0 Å². The van der Waals surface area contributed by atoms with Gasteiger partial charge in [-0.25, -0.2) is 8.78 Å². The lowest BCUT2D eigenvalue weighted by Crippen LogP contribution is -2.44. The number of likely N-dealkylation sites (N-methyl/N-ethyl adjacent to an activating group) is 1. The van der Waals surface area contributed by atoms with Crippen LogP contribution < -0.4 is 9.64 Å². The van der Waals surface area contributed by atoms with Crippen molar-refractivity contribution in [3.05, 3.63) is 11.3 Å². The van der Waals surface area contributed by atoms with Crippen LogP contribution in [0.25, 0.3) is 0 Å². The summed E-state index contributed by atoms with van der Waals surface area (Å²) in [6.07, 6.45) is 3.56. The molecule has 0 atom stereocenters. The Hall–Kier alpha value is -2.05. The predicted molar refractivity (Wildman–Crippen MR) is 122 cm³/mol. The summed E-state index contributed by atoms with van der Waals surface area (Å²) in [6.45, 7) is 10.8. The van der Waals surface area contributed by atoms with Crippen molar-refractivity contribution in [2.75, 3.05) is 57.8 Å². The number of likely N-dealkylation sites (tertiary alicyclic amines) is 1. The summed E-state index contributed by atoms with van der Waals surface area (Å²) in [4.78, 5) is 15.8. The Morgan fingerprint density at radius 2 is 1.88 bits per heavy atom. The molecule has 0 saturated carbocycles. The fourth-order valence-electron chi connectivity index (χ4n) is 4.21. The number of aromatic nitrogens is 2. The molecule has 0 aliphatic carbocycles. The number of anilines is 1. The van der Waals surface area contributed by atoms with E-state index in [1.54, 1.807) is 11.0 Å². The number of halogens is 2. The van der Waals surface area contributed by atoms with Crippen molar-refractivity contribution in [3.63, 3.8) is 0 Å². The van der Waals surface area contributed by atoms with Gasteiger partial charge in [0.2, 0.25) is 0 Å². The van der Waals surface area contributed by atoms with Gasteiger partial charge in [0.15, 0.2) is 0 Å². The van der Waals surface area contributed by atoms with Crippen LogP contribution in [0.1, 0.15) is 57.7 Å². The maximum absolute atomic E-state index is 13.6. The summed E-state index contributed by atoms with van der Waals surface area (Å²) in [5.74, 6) is -1.59. The first-order valence-electron chi connectivity index (χ1n) is 11.7.